The molecule has 0 aliphatic rings. The van der Waals surface area contributed by atoms with Crippen LogP contribution in [-0.4, -0.2) is 42.2 Å². The molecule has 2 amide bonds. The fourth-order valence-electron chi connectivity index (χ4n) is 1.16. The number of hydrogen-bond acceptors (Lipinski definition) is 4. The van der Waals surface area contributed by atoms with Gasteiger partial charge in [-0.15, -0.1) is 0 Å². The maximum Gasteiger partial charge on any atom is 0.376 e. The SMILES string of the molecule is CCCON=NC(=O)NN.CCCc1ccccc1.[Na]. The molecular weight excluding hydrogens is 267 g/mol. The molecule has 0 aliphatic heterocycles. The summed E-state index contributed by atoms with van der Waals surface area (Å²) in [4.78, 5) is 14.7. The van der Waals surface area contributed by atoms with Crippen LogP contribution in [0.25, 0.3) is 0 Å². The molecule has 0 atom stereocenters. The van der Waals surface area contributed by atoms with Gasteiger partial charge in [0.15, 0.2) is 0 Å². The average molecular weight is 289 g/mol. The predicted octanol–water partition coefficient (Wildman–Crippen LogP) is 2.62. The molecule has 6 nitrogen and oxygen atoms in total. The first-order chi connectivity index (χ1) is 9.24. The van der Waals surface area contributed by atoms with Crippen LogP contribution < -0.4 is 11.3 Å². The number of hydrogen-bond donors (Lipinski definition) is 2. The van der Waals surface area contributed by atoms with Gasteiger partial charge in [0.2, 0.25) is 0 Å². The Bertz CT molecular complexity index is 361. The molecule has 1 radical (unpaired) electrons. The summed E-state index contributed by atoms with van der Waals surface area (Å²) < 4.78 is 0. The standard InChI is InChI=1S/C9H12.C4H10N4O2.Na/c1-2-6-9-7-4-3-5-8-9;1-2-3-10-8-7-4(9)6-5;/h3-5,7-8H,2,6H2,1H3;2-3,5H2,1H3,(H,6,9);. The molecule has 0 fully saturated rings. The van der Waals surface area contributed by atoms with E-state index in [0.29, 0.717) is 6.61 Å². The second-order valence-electron chi connectivity index (χ2n) is 3.70. The van der Waals surface area contributed by atoms with Crippen LogP contribution in [-0.2, 0) is 11.3 Å². The topological polar surface area (TPSA) is 89.1 Å². The second kappa shape index (κ2) is 16.1. The maximum absolute atomic E-state index is 10.2. The minimum absolute atomic E-state index is 0. The molecule has 0 aromatic heterocycles. The van der Waals surface area contributed by atoms with Gasteiger partial charge in [0.25, 0.3) is 0 Å². The summed E-state index contributed by atoms with van der Waals surface area (Å²) in [5.74, 6) is 4.68. The summed E-state index contributed by atoms with van der Waals surface area (Å²) in [6, 6.07) is 9.85. The number of amides is 2. The number of carbonyl (C=O) groups excluding carboxylic acids is 1. The molecule has 0 spiro atoms. The van der Waals surface area contributed by atoms with E-state index >= 15 is 0 Å². The van der Waals surface area contributed by atoms with E-state index in [0.717, 1.165) is 6.42 Å². The van der Waals surface area contributed by atoms with Crippen molar-refractivity contribution < 1.29 is 9.63 Å². The van der Waals surface area contributed by atoms with Gasteiger partial charge in [0, 0.05) is 34.8 Å². The van der Waals surface area contributed by atoms with Crippen LogP contribution in [0.1, 0.15) is 32.3 Å². The molecule has 0 unspecified atom stereocenters. The molecule has 20 heavy (non-hydrogen) atoms. The molecule has 3 N–H and O–H groups in total. The fourth-order valence-corrected chi connectivity index (χ4v) is 1.16. The van der Waals surface area contributed by atoms with Crippen molar-refractivity contribution in [2.75, 3.05) is 6.61 Å². The minimum atomic E-state index is -0.726. The van der Waals surface area contributed by atoms with Gasteiger partial charge in [0.1, 0.15) is 6.61 Å². The van der Waals surface area contributed by atoms with Gasteiger partial charge >= 0.3 is 6.03 Å². The van der Waals surface area contributed by atoms with Gasteiger partial charge in [-0.25, -0.2) is 10.6 Å². The fraction of sp³-hybridized carbons (Fsp3) is 0.462. The molecule has 1 rings (SSSR count). The first kappa shape index (κ1) is 21.4. The molecule has 0 bridgehead atoms. The van der Waals surface area contributed by atoms with Crippen LogP contribution in [0, 0.1) is 0 Å². The van der Waals surface area contributed by atoms with E-state index in [-0.39, 0.29) is 29.6 Å². The van der Waals surface area contributed by atoms with Crippen molar-refractivity contribution in [3.63, 3.8) is 0 Å². The van der Waals surface area contributed by atoms with Crippen molar-refractivity contribution >= 4 is 35.6 Å². The molecular formula is C13H22N4NaO2. The quantitative estimate of drug-likeness (QED) is 0.218. The summed E-state index contributed by atoms with van der Waals surface area (Å²) in [5, 5.41) is 6.07. The zero-order valence-electron chi connectivity index (χ0n) is 12.5. The number of aryl methyl sites for hydroxylation is 1. The largest absolute Gasteiger partial charge is 0.379 e. The Kier molecular flexibility index (Phi) is 17.2. The number of hydrazine groups is 1. The molecule has 0 aliphatic carbocycles. The summed E-state index contributed by atoms with van der Waals surface area (Å²) in [7, 11) is 0. The Morgan fingerprint density at radius 2 is 1.90 bits per heavy atom. The molecule has 1 aromatic rings. The third-order valence-electron chi connectivity index (χ3n) is 1.99. The van der Waals surface area contributed by atoms with Gasteiger partial charge in [-0.05, 0) is 18.4 Å². The number of nitrogens with two attached hydrogens (primary N) is 1. The van der Waals surface area contributed by atoms with Crippen LogP contribution in [0.5, 0.6) is 0 Å². The van der Waals surface area contributed by atoms with Gasteiger partial charge < -0.3 is 4.84 Å². The van der Waals surface area contributed by atoms with Crippen molar-refractivity contribution in [2.45, 2.75) is 33.1 Å². The van der Waals surface area contributed by atoms with Gasteiger partial charge in [-0.1, -0.05) is 55.7 Å². The summed E-state index contributed by atoms with van der Waals surface area (Å²) in [5.41, 5.74) is 3.21. The average Bonchev–Trinajstić information content (AvgIpc) is 2.45. The zero-order valence-corrected chi connectivity index (χ0v) is 14.5. The third-order valence-corrected chi connectivity index (χ3v) is 1.99. The normalized spacial score (nSPS) is 9.15. The molecule has 1 aromatic carbocycles. The van der Waals surface area contributed by atoms with E-state index < -0.39 is 6.03 Å². The number of benzene rings is 1. The first-order valence-corrected chi connectivity index (χ1v) is 6.32. The van der Waals surface area contributed by atoms with Crippen molar-refractivity contribution in [1.82, 2.24) is 5.43 Å². The predicted molar refractivity (Wildman–Crippen MR) is 80.0 cm³/mol. The molecule has 7 heteroatoms. The molecule has 0 heterocycles. The van der Waals surface area contributed by atoms with Crippen LogP contribution in [0.3, 0.4) is 0 Å². The number of nitrogens with zero attached hydrogens (tertiary/aromatic N) is 2. The van der Waals surface area contributed by atoms with Crippen LogP contribution in [0.15, 0.2) is 40.7 Å². The Balaban J connectivity index is 0. The number of nitrogens with one attached hydrogen (secondary N) is 1. The van der Waals surface area contributed by atoms with Gasteiger partial charge in [0.05, 0.1) is 0 Å². The zero-order chi connectivity index (χ0) is 14.3. The Labute approximate surface area is 142 Å². The smallest absolute Gasteiger partial charge is 0.376 e. The second-order valence-corrected chi connectivity index (χ2v) is 3.70. The van der Waals surface area contributed by atoms with Crippen molar-refractivity contribution in [3.8, 4) is 0 Å². The monoisotopic (exact) mass is 289 g/mol. The Hall–Kier alpha value is -0.950. The van der Waals surface area contributed by atoms with Gasteiger partial charge in [-0.2, -0.15) is 0 Å². The van der Waals surface area contributed by atoms with E-state index in [1.54, 1.807) is 5.43 Å². The van der Waals surface area contributed by atoms with E-state index in [1.165, 1.54) is 18.4 Å². The minimum Gasteiger partial charge on any atom is -0.379 e. The van der Waals surface area contributed by atoms with Crippen molar-refractivity contribution in [1.29, 1.82) is 0 Å². The maximum atomic E-state index is 10.2. The molecule has 0 saturated heterocycles. The van der Waals surface area contributed by atoms with Gasteiger partial charge in [-0.3, -0.25) is 5.43 Å². The number of carbonyl (C=O) groups is 1. The number of urea groups is 1. The summed E-state index contributed by atoms with van der Waals surface area (Å²) >= 11 is 0. The van der Waals surface area contributed by atoms with E-state index in [1.807, 2.05) is 6.92 Å². The van der Waals surface area contributed by atoms with E-state index in [2.05, 4.69) is 58.3 Å². The van der Waals surface area contributed by atoms with Crippen LogP contribution in [0.2, 0.25) is 0 Å². The summed E-state index contributed by atoms with van der Waals surface area (Å²) in [6.07, 6.45) is 3.27. The van der Waals surface area contributed by atoms with Crippen molar-refractivity contribution in [3.05, 3.63) is 35.9 Å². The summed E-state index contributed by atoms with van der Waals surface area (Å²) in [6.45, 7) is 4.56. The molecule has 0 saturated carbocycles. The van der Waals surface area contributed by atoms with Crippen LogP contribution >= 0.6 is 0 Å². The van der Waals surface area contributed by atoms with Crippen molar-refractivity contribution in [2.24, 2.45) is 16.2 Å². The Morgan fingerprint density at radius 3 is 2.40 bits per heavy atom. The van der Waals surface area contributed by atoms with E-state index in [9.17, 15) is 4.79 Å². The van der Waals surface area contributed by atoms with Crippen LogP contribution in [0.4, 0.5) is 4.79 Å². The third kappa shape index (κ3) is 13.5. The molecule has 107 valence electrons. The Morgan fingerprint density at radius 1 is 1.25 bits per heavy atom. The first-order valence-electron chi connectivity index (χ1n) is 6.32. The number of rotatable bonds is 5. The van der Waals surface area contributed by atoms with E-state index in [4.69, 9.17) is 0 Å².